The van der Waals surface area contributed by atoms with E-state index in [9.17, 15) is 5.11 Å². The molecule has 0 radical (unpaired) electrons. The van der Waals surface area contributed by atoms with E-state index in [2.05, 4.69) is 10.1 Å². The maximum Gasteiger partial charge on any atom is 0.230 e. The summed E-state index contributed by atoms with van der Waals surface area (Å²) in [5.41, 5.74) is 6.62. The highest BCUT2D eigenvalue weighted by Crippen LogP contribution is 2.38. The Kier molecular flexibility index (Phi) is 3.21. The fraction of sp³-hybridized carbons (Fsp3) is 0.429. The maximum absolute atomic E-state index is 9.27. The summed E-state index contributed by atoms with van der Waals surface area (Å²) >= 11 is 0. The monoisotopic (exact) mass is 259 g/mol. The number of benzene rings is 1. The quantitative estimate of drug-likeness (QED) is 0.883. The van der Waals surface area contributed by atoms with Crippen LogP contribution in [-0.4, -0.2) is 21.8 Å². The summed E-state index contributed by atoms with van der Waals surface area (Å²) in [6.07, 6.45) is 3.38. The van der Waals surface area contributed by atoms with Gasteiger partial charge in [-0.2, -0.15) is 4.98 Å². The molecule has 5 nitrogen and oxygen atoms in total. The molecule has 0 amide bonds. The minimum Gasteiger partial charge on any atom is -0.508 e. The van der Waals surface area contributed by atoms with Crippen LogP contribution in [0.4, 0.5) is 0 Å². The van der Waals surface area contributed by atoms with Gasteiger partial charge in [0, 0.05) is 11.5 Å². The predicted octanol–water partition coefficient (Wildman–Crippen LogP) is 2.28. The topological polar surface area (TPSA) is 85.2 Å². The van der Waals surface area contributed by atoms with E-state index in [0.29, 0.717) is 30.1 Å². The Morgan fingerprint density at radius 1 is 1.26 bits per heavy atom. The standard InChI is InChI=1S/C14H17N3O2/c15-8-10-2-1-3-12(10)14-16-13(17-19-14)9-4-6-11(18)7-5-9/h4-7,10,12,18H,1-3,8,15H2. The molecule has 0 aliphatic heterocycles. The highest BCUT2D eigenvalue weighted by Gasteiger charge is 2.31. The van der Waals surface area contributed by atoms with Crippen molar-refractivity contribution in [3.8, 4) is 17.1 Å². The summed E-state index contributed by atoms with van der Waals surface area (Å²) in [7, 11) is 0. The van der Waals surface area contributed by atoms with Crippen molar-refractivity contribution in [3.63, 3.8) is 0 Å². The second-order valence-electron chi connectivity index (χ2n) is 5.04. The molecule has 100 valence electrons. The first kappa shape index (κ1) is 12.2. The van der Waals surface area contributed by atoms with Gasteiger partial charge in [-0.1, -0.05) is 11.6 Å². The Labute approximate surface area is 111 Å². The molecule has 1 aliphatic carbocycles. The highest BCUT2D eigenvalue weighted by atomic mass is 16.5. The van der Waals surface area contributed by atoms with Crippen LogP contribution in [0.3, 0.4) is 0 Å². The van der Waals surface area contributed by atoms with Crippen LogP contribution in [-0.2, 0) is 0 Å². The van der Waals surface area contributed by atoms with Gasteiger partial charge in [-0.25, -0.2) is 0 Å². The summed E-state index contributed by atoms with van der Waals surface area (Å²) in [6, 6.07) is 6.78. The van der Waals surface area contributed by atoms with Crippen LogP contribution < -0.4 is 5.73 Å². The van der Waals surface area contributed by atoms with Gasteiger partial charge in [0.1, 0.15) is 5.75 Å². The van der Waals surface area contributed by atoms with Crippen molar-refractivity contribution < 1.29 is 9.63 Å². The van der Waals surface area contributed by atoms with Crippen molar-refractivity contribution >= 4 is 0 Å². The van der Waals surface area contributed by atoms with E-state index < -0.39 is 0 Å². The Bertz CT molecular complexity index is 550. The van der Waals surface area contributed by atoms with Crippen LogP contribution in [0, 0.1) is 5.92 Å². The number of nitrogens with two attached hydrogens (primary N) is 1. The summed E-state index contributed by atoms with van der Waals surface area (Å²) in [5, 5.41) is 13.3. The third-order valence-corrected chi connectivity index (χ3v) is 3.85. The molecule has 1 fully saturated rings. The number of aromatic nitrogens is 2. The van der Waals surface area contributed by atoms with Gasteiger partial charge < -0.3 is 15.4 Å². The van der Waals surface area contributed by atoms with E-state index in [-0.39, 0.29) is 5.75 Å². The molecule has 1 aromatic heterocycles. The number of phenols is 1. The molecule has 1 saturated carbocycles. The lowest BCUT2D eigenvalue weighted by Crippen LogP contribution is -2.17. The number of nitrogens with zero attached hydrogens (tertiary/aromatic N) is 2. The molecule has 2 unspecified atom stereocenters. The largest absolute Gasteiger partial charge is 0.508 e. The van der Waals surface area contributed by atoms with Gasteiger partial charge >= 0.3 is 0 Å². The Morgan fingerprint density at radius 2 is 2.05 bits per heavy atom. The van der Waals surface area contributed by atoms with E-state index in [1.165, 1.54) is 6.42 Å². The zero-order chi connectivity index (χ0) is 13.2. The molecule has 3 N–H and O–H groups in total. The number of rotatable bonds is 3. The lowest BCUT2D eigenvalue weighted by Gasteiger charge is -2.12. The number of phenolic OH excluding ortho intramolecular Hbond substituents is 1. The van der Waals surface area contributed by atoms with Crippen molar-refractivity contribution in [2.24, 2.45) is 11.7 Å². The summed E-state index contributed by atoms with van der Waals surface area (Å²) in [5.74, 6) is 2.23. The van der Waals surface area contributed by atoms with E-state index in [4.69, 9.17) is 10.3 Å². The Hall–Kier alpha value is -1.88. The van der Waals surface area contributed by atoms with Crippen LogP contribution in [0.15, 0.2) is 28.8 Å². The third kappa shape index (κ3) is 2.33. The fourth-order valence-corrected chi connectivity index (χ4v) is 2.76. The minimum atomic E-state index is 0.228. The molecule has 5 heteroatoms. The van der Waals surface area contributed by atoms with Crippen LogP contribution in [0.25, 0.3) is 11.4 Å². The van der Waals surface area contributed by atoms with Crippen molar-refractivity contribution in [3.05, 3.63) is 30.2 Å². The number of hydrogen-bond acceptors (Lipinski definition) is 5. The maximum atomic E-state index is 9.27. The zero-order valence-corrected chi connectivity index (χ0v) is 10.6. The molecule has 0 bridgehead atoms. The van der Waals surface area contributed by atoms with Crippen LogP contribution in [0.2, 0.25) is 0 Å². The second kappa shape index (κ2) is 5.01. The van der Waals surface area contributed by atoms with Crippen molar-refractivity contribution in [1.82, 2.24) is 10.1 Å². The molecule has 0 saturated heterocycles. The molecular formula is C14H17N3O2. The average molecular weight is 259 g/mol. The van der Waals surface area contributed by atoms with Crippen molar-refractivity contribution in [1.29, 1.82) is 0 Å². The molecule has 2 aromatic rings. The summed E-state index contributed by atoms with van der Waals surface area (Å²) < 4.78 is 5.39. The average Bonchev–Trinajstić information content (AvgIpc) is 3.07. The van der Waals surface area contributed by atoms with Gasteiger partial charge in [-0.3, -0.25) is 0 Å². The normalized spacial score (nSPS) is 22.8. The highest BCUT2D eigenvalue weighted by molar-refractivity contribution is 5.55. The van der Waals surface area contributed by atoms with Gasteiger partial charge in [0.25, 0.3) is 0 Å². The van der Waals surface area contributed by atoms with Gasteiger partial charge in [-0.15, -0.1) is 0 Å². The molecule has 1 aliphatic rings. The van der Waals surface area contributed by atoms with Crippen molar-refractivity contribution in [2.75, 3.05) is 6.54 Å². The van der Waals surface area contributed by atoms with Gasteiger partial charge in [0.15, 0.2) is 0 Å². The summed E-state index contributed by atoms with van der Waals surface area (Å²) in [6.45, 7) is 0.668. The predicted molar refractivity (Wildman–Crippen MR) is 70.5 cm³/mol. The summed E-state index contributed by atoms with van der Waals surface area (Å²) in [4.78, 5) is 4.48. The zero-order valence-electron chi connectivity index (χ0n) is 10.6. The minimum absolute atomic E-state index is 0.228. The SMILES string of the molecule is NCC1CCCC1c1nc(-c2ccc(O)cc2)no1. The Balaban J connectivity index is 1.85. The first-order valence-electron chi connectivity index (χ1n) is 6.61. The first-order valence-corrected chi connectivity index (χ1v) is 6.61. The van der Waals surface area contributed by atoms with Gasteiger partial charge in [0.05, 0.1) is 0 Å². The molecule has 0 spiro atoms. The molecule has 2 atom stereocenters. The lowest BCUT2D eigenvalue weighted by molar-refractivity contribution is 0.326. The number of aromatic hydroxyl groups is 1. The molecule has 1 heterocycles. The first-order chi connectivity index (χ1) is 9.28. The van der Waals surface area contributed by atoms with E-state index in [1.54, 1.807) is 24.3 Å². The third-order valence-electron chi connectivity index (χ3n) is 3.85. The smallest absolute Gasteiger partial charge is 0.230 e. The van der Waals surface area contributed by atoms with E-state index >= 15 is 0 Å². The molecular weight excluding hydrogens is 242 g/mol. The van der Waals surface area contributed by atoms with Crippen LogP contribution in [0.1, 0.15) is 31.1 Å². The second-order valence-corrected chi connectivity index (χ2v) is 5.04. The van der Waals surface area contributed by atoms with Crippen LogP contribution >= 0.6 is 0 Å². The van der Waals surface area contributed by atoms with Gasteiger partial charge in [-0.05, 0) is 49.6 Å². The van der Waals surface area contributed by atoms with E-state index in [0.717, 1.165) is 18.4 Å². The van der Waals surface area contributed by atoms with Crippen molar-refractivity contribution in [2.45, 2.75) is 25.2 Å². The molecule has 1 aromatic carbocycles. The van der Waals surface area contributed by atoms with E-state index in [1.807, 2.05) is 0 Å². The van der Waals surface area contributed by atoms with Gasteiger partial charge in [0.2, 0.25) is 11.7 Å². The molecule has 19 heavy (non-hydrogen) atoms. The Morgan fingerprint density at radius 3 is 2.79 bits per heavy atom. The molecule has 3 rings (SSSR count). The number of hydrogen-bond donors (Lipinski definition) is 2. The fourth-order valence-electron chi connectivity index (χ4n) is 2.76. The lowest BCUT2D eigenvalue weighted by atomic mass is 9.96. The van der Waals surface area contributed by atoms with Crippen LogP contribution in [0.5, 0.6) is 5.75 Å².